The normalized spacial score (nSPS) is 22.9. The van der Waals surface area contributed by atoms with E-state index in [-0.39, 0.29) is 12.0 Å². The Kier molecular flexibility index (Phi) is 4.34. The van der Waals surface area contributed by atoms with Crippen LogP contribution in [0.25, 0.3) is 0 Å². The minimum Gasteiger partial charge on any atom is -0.381 e. The predicted octanol–water partition coefficient (Wildman–Crippen LogP) is 2.19. The molecule has 0 radical (unpaired) electrons. The number of nitrogens with zero attached hydrogens (tertiary/aromatic N) is 2. The van der Waals surface area contributed by atoms with Crippen molar-refractivity contribution in [2.75, 3.05) is 13.2 Å². The van der Waals surface area contributed by atoms with E-state index in [0.717, 1.165) is 6.42 Å². The molecule has 6 heteroatoms. The van der Waals surface area contributed by atoms with Crippen molar-refractivity contribution in [2.45, 2.75) is 29.0 Å². The fraction of sp³-hybridized carbons (Fsp3) is 0.429. The Morgan fingerprint density at radius 2 is 2.15 bits per heavy atom. The summed E-state index contributed by atoms with van der Waals surface area (Å²) in [4.78, 5) is 5.63. The van der Waals surface area contributed by atoms with Crippen LogP contribution in [-0.4, -0.2) is 29.4 Å². The van der Waals surface area contributed by atoms with E-state index in [4.69, 9.17) is 15.0 Å². The lowest BCUT2D eigenvalue weighted by Gasteiger charge is -2.25. The van der Waals surface area contributed by atoms with E-state index < -0.39 is 0 Å². The molecule has 0 spiro atoms. The molecule has 2 unspecified atom stereocenters. The van der Waals surface area contributed by atoms with Crippen LogP contribution in [0.5, 0.6) is 0 Å². The first-order valence-corrected chi connectivity index (χ1v) is 7.65. The van der Waals surface area contributed by atoms with Crippen molar-refractivity contribution < 1.29 is 9.26 Å². The van der Waals surface area contributed by atoms with Gasteiger partial charge in [0.15, 0.2) is 5.82 Å². The van der Waals surface area contributed by atoms with Crippen LogP contribution in [0.1, 0.15) is 24.1 Å². The van der Waals surface area contributed by atoms with Crippen LogP contribution < -0.4 is 5.73 Å². The highest BCUT2D eigenvalue weighted by Crippen LogP contribution is 2.25. The van der Waals surface area contributed by atoms with Gasteiger partial charge >= 0.3 is 0 Å². The maximum absolute atomic E-state index is 6.07. The van der Waals surface area contributed by atoms with Crippen LogP contribution in [0.3, 0.4) is 0 Å². The first-order chi connectivity index (χ1) is 9.83. The summed E-state index contributed by atoms with van der Waals surface area (Å²) in [6.07, 6.45) is 0.834. The highest BCUT2D eigenvalue weighted by Gasteiger charge is 2.29. The topological polar surface area (TPSA) is 74.2 Å². The fourth-order valence-electron chi connectivity index (χ4n) is 2.15. The molecule has 0 saturated carbocycles. The van der Waals surface area contributed by atoms with Crippen molar-refractivity contribution in [3.8, 4) is 0 Å². The van der Waals surface area contributed by atoms with Crippen LogP contribution in [0.15, 0.2) is 39.8 Å². The van der Waals surface area contributed by atoms with Gasteiger partial charge in [-0.25, -0.2) is 0 Å². The summed E-state index contributed by atoms with van der Waals surface area (Å²) in [6.45, 7) is 1.27. The summed E-state index contributed by atoms with van der Waals surface area (Å²) in [6, 6.07) is 10.2. The van der Waals surface area contributed by atoms with Crippen LogP contribution in [-0.2, 0) is 10.5 Å². The zero-order valence-electron chi connectivity index (χ0n) is 11.1. The number of aromatic nitrogens is 2. The number of thioether (sulfide) groups is 1. The molecule has 20 heavy (non-hydrogen) atoms. The van der Waals surface area contributed by atoms with E-state index in [2.05, 4.69) is 22.3 Å². The molecular formula is C14H17N3O2S. The number of nitrogens with two attached hydrogens (primary N) is 1. The average Bonchev–Trinajstić information content (AvgIpc) is 2.95. The Labute approximate surface area is 121 Å². The molecule has 1 fully saturated rings. The molecule has 5 nitrogen and oxygen atoms in total. The molecule has 1 saturated heterocycles. The van der Waals surface area contributed by atoms with E-state index in [1.54, 1.807) is 11.8 Å². The summed E-state index contributed by atoms with van der Waals surface area (Å²) in [5.41, 5.74) is 6.07. The zero-order valence-corrected chi connectivity index (χ0v) is 11.9. The van der Waals surface area contributed by atoms with Crippen LogP contribution in [0.4, 0.5) is 0 Å². The van der Waals surface area contributed by atoms with E-state index in [9.17, 15) is 0 Å². The SMILES string of the molecule is NC1CCOCC1c1nc(CSc2ccccc2)no1. The highest BCUT2D eigenvalue weighted by atomic mass is 32.2. The van der Waals surface area contributed by atoms with Gasteiger partial charge in [0, 0.05) is 17.5 Å². The molecule has 1 aliphatic heterocycles. The van der Waals surface area contributed by atoms with E-state index in [1.807, 2.05) is 18.2 Å². The molecule has 0 aliphatic carbocycles. The lowest BCUT2D eigenvalue weighted by atomic mass is 9.97. The predicted molar refractivity (Wildman–Crippen MR) is 76.5 cm³/mol. The first-order valence-electron chi connectivity index (χ1n) is 6.66. The summed E-state index contributed by atoms with van der Waals surface area (Å²) in [7, 11) is 0. The third kappa shape index (κ3) is 3.20. The third-order valence-electron chi connectivity index (χ3n) is 3.32. The molecule has 1 aliphatic rings. The first kappa shape index (κ1) is 13.6. The number of ether oxygens (including phenoxy) is 1. The van der Waals surface area contributed by atoms with E-state index in [0.29, 0.717) is 30.7 Å². The molecule has 2 atom stereocenters. The number of hydrogen-bond acceptors (Lipinski definition) is 6. The minimum atomic E-state index is 0.0201. The van der Waals surface area contributed by atoms with Crippen molar-refractivity contribution in [3.05, 3.63) is 42.0 Å². The Morgan fingerprint density at radius 3 is 2.95 bits per heavy atom. The lowest BCUT2D eigenvalue weighted by molar-refractivity contribution is 0.0590. The molecule has 1 aromatic heterocycles. The van der Waals surface area contributed by atoms with Gasteiger partial charge in [-0.1, -0.05) is 23.4 Å². The quantitative estimate of drug-likeness (QED) is 0.870. The largest absolute Gasteiger partial charge is 0.381 e. The second-order valence-corrected chi connectivity index (χ2v) is 5.83. The van der Waals surface area contributed by atoms with Gasteiger partial charge in [-0.3, -0.25) is 0 Å². The summed E-state index contributed by atoms with van der Waals surface area (Å²) in [5, 5.41) is 4.02. The molecule has 2 heterocycles. The van der Waals surface area contributed by atoms with Crippen LogP contribution in [0.2, 0.25) is 0 Å². The number of hydrogen-bond donors (Lipinski definition) is 1. The fourth-order valence-corrected chi connectivity index (χ4v) is 2.91. The Hall–Kier alpha value is -1.37. The molecule has 0 bridgehead atoms. The van der Waals surface area contributed by atoms with Gasteiger partial charge in [0.2, 0.25) is 5.89 Å². The van der Waals surface area contributed by atoms with Crippen molar-refractivity contribution in [3.63, 3.8) is 0 Å². The van der Waals surface area contributed by atoms with E-state index in [1.165, 1.54) is 4.90 Å². The summed E-state index contributed by atoms with van der Waals surface area (Å²) < 4.78 is 10.8. The average molecular weight is 291 g/mol. The van der Waals surface area contributed by atoms with Gasteiger partial charge in [-0.05, 0) is 18.6 Å². The highest BCUT2D eigenvalue weighted by molar-refractivity contribution is 7.98. The molecule has 0 amide bonds. The Morgan fingerprint density at radius 1 is 1.30 bits per heavy atom. The van der Waals surface area contributed by atoms with Gasteiger partial charge in [0.05, 0.1) is 18.3 Å². The van der Waals surface area contributed by atoms with Crippen LogP contribution in [0, 0.1) is 0 Å². The van der Waals surface area contributed by atoms with Gasteiger partial charge in [0.25, 0.3) is 0 Å². The maximum atomic E-state index is 6.07. The van der Waals surface area contributed by atoms with Gasteiger partial charge in [0.1, 0.15) is 0 Å². The second-order valence-electron chi connectivity index (χ2n) is 4.78. The van der Waals surface area contributed by atoms with E-state index >= 15 is 0 Å². The second kappa shape index (κ2) is 6.39. The number of rotatable bonds is 4. The molecule has 1 aromatic carbocycles. The van der Waals surface area contributed by atoms with Crippen molar-refractivity contribution in [1.29, 1.82) is 0 Å². The molecule has 2 N–H and O–H groups in total. The standard InChI is InChI=1S/C14H17N3O2S/c15-12-6-7-18-8-11(12)14-16-13(17-19-14)9-20-10-4-2-1-3-5-10/h1-5,11-12H,6-9,15H2. The van der Waals surface area contributed by atoms with Gasteiger partial charge in [-0.2, -0.15) is 4.98 Å². The van der Waals surface area contributed by atoms with Crippen molar-refractivity contribution >= 4 is 11.8 Å². The molecular weight excluding hydrogens is 274 g/mol. The van der Waals surface area contributed by atoms with Crippen molar-refractivity contribution in [2.24, 2.45) is 5.73 Å². The monoisotopic (exact) mass is 291 g/mol. The number of benzene rings is 1. The Balaban J connectivity index is 1.62. The molecule has 106 valence electrons. The van der Waals surface area contributed by atoms with Crippen LogP contribution >= 0.6 is 11.8 Å². The third-order valence-corrected chi connectivity index (χ3v) is 4.33. The minimum absolute atomic E-state index is 0.0201. The smallest absolute Gasteiger partial charge is 0.233 e. The van der Waals surface area contributed by atoms with Gasteiger partial charge in [-0.15, -0.1) is 11.8 Å². The zero-order chi connectivity index (χ0) is 13.8. The summed E-state index contributed by atoms with van der Waals surface area (Å²) >= 11 is 1.69. The molecule has 2 aromatic rings. The molecule has 3 rings (SSSR count). The summed E-state index contributed by atoms with van der Waals surface area (Å²) in [5.74, 6) is 2.01. The van der Waals surface area contributed by atoms with Crippen molar-refractivity contribution in [1.82, 2.24) is 10.1 Å². The Bertz CT molecular complexity index is 546. The van der Waals surface area contributed by atoms with Gasteiger partial charge < -0.3 is 15.0 Å². The maximum Gasteiger partial charge on any atom is 0.233 e. The lowest BCUT2D eigenvalue weighted by Crippen LogP contribution is -2.37.